The third kappa shape index (κ3) is 3.47. The summed E-state index contributed by atoms with van der Waals surface area (Å²) < 4.78 is 15.1. The summed E-state index contributed by atoms with van der Waals surface area (Å²) in [5.41, 5.74) is 3.87. The van der Waals surface area contributed by atoms with Gasteiger partial charge in [-0.1, -0.05) is 59.8 Å². The standard InChI is InChI=1S/C22H17ClFN3OS/c23-18-10-15(24)7-6-14(18)12-29-22-26-19-17(13-4-2-1-3-5-13)11-25-20(19)21(28)27(22)16-8-9-16/h1-7,10-11,16,25H,8-9,12H2. The molecule has 2 aromatic carbocycles. The van der Waals surface area contributed by atoms with Crippen LogP contribution in [0.4, 0.5) is 4.39 Å². The maximum absolute atomic E-state index is 13.3. The highest BCUT2D eigenvalue weighted by atomic mass is 35.5. The number of halogens is 2. The predicted molar refractivity (Wildman–Crippen MR) is 115 cm³/mol. The molecule has 4 aromatic rings. The van der Waals surface area contributed by atoms with Crippen molar-refractivity contribution in [2.24, 2.45) is 0 Å². The van der Waals surface area contributed by atoms with Crippen molar-refractivity contribution in [2.45, 2.75) is 29.8 Å². The van der Waals surface area contributed by atoms with Crippen molar-refractivity contribution in [2.75, 3.05) is 0 Å². The number of aromatic amines is 1. The molecule has 29 heavy (non-hydrogen) atoms. The zero-order valence-corrected chi connectivity index (χ0v) is 16.9. The highest BCUT2D eigenvalue weighted by Crippen LogP contribution is 2.38. The summed E-state index contributed by atoms with van der Waals surface area (Å²) in [6, 6.07) is 14.5. The second-order valence-electron chi connectivity index (χ2n) is 7.12. The van der Waals surface area contributed by atoms with Crippen molar-refractivity contribution >= 4 is 34.4 Å². The molecule has 0 aliphatic heterocycles. The number of H-pyrrole nitrogens is 1. The number of nitrogens with zero attached hydrogens (tertiary/aromatic N) is 2. The lowest BCUT2D eigenvalue weighted by Gasteiger charge is -2.12. The Kier molecular flexibility index (Phi) is 4.68. The van der Waals surface area contributed by atoms with Crippen LogP contribution in [0.15, 0.2) is 64.7 Å². The van der Waals surface area contributed by atoms with Crippen molar-refractivity contribution < 1.29 is 4.39 Å². The molecule has 2 aromatic heterocycles. The molecule has 0 saturated heterocycles. The fraction of sp³-hybridized carbons (Fsp3) is 0.182. The summed E-state index contributed by atoms with van der Waals surface area (Å²) in [5, 5.41) is 1.05. The number of rotatable bonds is 5. The van der Waals surface area contributed by atoms with Crippen LogP contribution in [0.5, 0.6) is 0 Å². The van der Waals surface area contributed by atoms with E-state index in [-0.39, 0.29) is 17.4 Å². The maximum Gasteiger partial charge on any atom is 0.278 e. The first kappa shape index (κ1) is 18.5. The van der Waals surface area contributed by atoms with Gasteiger partial charge in [0.1, 0.15) is 16.9 Å². The topological polar surface area (TPSA) is 50.7 Å². The first-order valence-electron chi connectivity index (χ1n) is 9.37. The molecule has 1 aliphatic rings. The maximum atomic E-state index is 13.3. The Labute approximate surface area is 175 Å². The van der Waals surface area contributed by atoms with Gasteiger partial charge in [-0.2, -0.15) is 0 Å². The van der Waals surface area contributed by atoms with Crippen molar-refractivity contribution in [1.29, 1.82) is 0 Å². The van der Waals surface area contributed by atoms with Crippen LogP contribution in [0.3, 0.4) is 0 Å². The molecule has 4 nitrogen and oxygen atoms in total. The number of thioether (sulfide) groups is 1. The first-order valence-corrected chi connectivity index (χ1v) is 10.7. The van der Waals surface area contributed by atoms with Gasteiger partial charge in [-0.05, 0) is 36.1 Å². The molecular weight excluding hydrogens is 409 g/mol. The Morgan fingerprint density at radius 2 is 2.00 bits per heavy atom. The van der Waals surface area contributed by atoms with Crippen LogP contribution in [0.2, 0.25) is 5.02 Å². The Hall–Kier alpha value is -2.57. The van der Waals surface area contributed by atoms with E-state index in [4.69, 9.17) is 16.6 Å². The number of hydrogen-bond donors (Lipinski definition) is 1. The molecule has 1 saturated carbocycles. The van der Waals surface area contributed by atoms with Crippen molar-refractivity contribution in [1.82, 2.24) is 14.5 Å². The van der Waals surface area contributed by atoms with Crippen LogP contribution in [0.1, 0.15) is 24.4 Å². The molecule has 0 atom stereocenters. The monoisotopic (exact) mass is 425 g/mol. The van der Waals surface area contributed by atoms with Gasteiger partial charge in [-0.25, -0.2) is 9.37 Å². The van der Waals surface area contributed by atoms with E-state index in [1.807, 2.05) is 36.5 Å². The second-order valence-corrected chi connectivity index (χ2v) is 8.47. The molecule has 0 spiro atoms. The number of benzene rings is 2. The van der Waals surface area contributed by atoms with Gasteiger partial charge in [0.2, 0.25) is 0 Å². The fourth-order valence-electron chi connectivity index (χ4n) is 3.43. The lowest BCUT2D eigenvalue weighted by Crippen LogP contribution is -2.22. The molecule has 1 N–H and O–H groups in total. The van der Waals surface area contributed by atoms with Crippen LogP contribution in [0.25, 0.3) is 22.2 Å². The van der Waals surface area contributed by atoms with Gasteiger partial charge in [-0.3, -0.25) is 9.36 Å². The van der Waals surface area contributed by atoms with Gasteiger partial charge in [0.15, 0.2) is 5.16 Å². The van der Waals surface area contributed by atoms with E-state index in [2.05, 4.69) is 4.98 Å². The van der Waals surface area contributed by atoms with E-state index in [1.54, 1.807) is 10.6 Å². The smallest absolute Gasteiger partial charge is 0.278 e. The number of fused-ring (bicyclic) bond motifs is 1. The second kappa shape index (κ2) is 7.35. The van der Waals surface area contributed by atoms with Crippen molar-refractivity contribution in [3.05, 3.63) is 81.5 Å². The van der Waals surface area contributed by atoms with Gasteiger partial charge in [0, 0.05) is 28.6 Å². The average molecular weight is 426 g/mol. The minimum atomic E-state index is -0.363. The van der Waals surface area contributed by atoms with E-state index in [0.717, 1.165) is 29.5 Å². The highest BCUT2D eigenvalue weighted by molar-refractivity contribution is 7.98. The zero-order chi connectivity index (χ0) is 20.0. The molecule has 5 rings (SSSR count). The van der Waals surface area contributed by atoms with E-state index >= 15 is 0 Å². The van der Waals surface area contributed by atoms with Crippen LogP contribution >= 0.6 is 23.4 Å². The molecule has 146 valence electrons. The van der Waals surface area contributed by atoms with Crippen LogP contribution in [-0.4, -0.2) is 14.5 Å². The minimum absolute atomic E-state index is 0.0487. The molecule has 0 bridgehead atoms. The Balaban J connectivity index is 1.59. The predicted octanol–water partition coefficient (Wildman–Crippen LogP) is 5.81. The minimum Gasteiger partial charge on any atom is -0.355 e. The lowest BCUT2D eigenvalue weighted by molar-refractivity contribution is 0.617. The largest absolute Gasteiger partial charge is 0.355 e. The molecule has 0 unspecified atom stereocenters. The van der Waals surface area contributed by atoms with Gasteiger partial charge < -0.3 is 4.98 Å². The summed E-state index contributed by atoms with van der Waals surface area (Å²) in [5.74, 6) is 0.146. The SMILES string of the molecule is O=c1c2[nH]cc(-c3ccccc3)c2nc(SCc2ccc(F)cc2Cl)n1C1CC1. The number of aromatic nitrogens is 3. The zero-order valence-electron chi connectivity index (χ0n) is 15.4. The van der Waals surface area contributed by atoms with Crippen LogP contribution in [0, 0.1) is 5.82 Å². The van der Waals surface area contributed by atoms with E-state index in [9.17, 15) is 9.18 Å². The number of nitrogens with one attached hydrogen (secondary N) is 1. The third-order valence-electron chi connectivity index (χ3n) is 5.07. The normalized spacial score (nSPS) is 13.9. The molecular formula is C22H17ClFN3OS. The third-order valence-corrected chi connectivity index (χ3v) is 6.42. The summed E-state index contributed by atoms with van der Waals surface area (Å²) in [7, 11) is 0. The Bertz CT molecular complexity index is 1260. The molecule has 1 fully saturated rings. The fourth-order valence-corrected chi connectivity index (χ4v) is 4.80. The molecule has 2 heterocycles. The summed E-state index contributed by atoms with van der Waals surface area (Å²) in [6.45, 7) is 0. The van der Waals surface area contributed by atoms with E-state index in [0.29, 0.717) is 27.0 Å². The van der Waals surface area contributed by atoms with Crippen LogP contribution in [-0.2, 0) is 5.75 Å². The first-order chi connectivity index (χ1) is 14.1. The Morgan fingerprint density at radius 3 is 2.72 bits per heavy atom. The van der Waals surface area contributed by atoms with Crippen molar-refractivity contribution in [3.8, 4) is 11.1 Å². The quantitative estimate of drug-likeness (QED) is 0.324. The highest BCUT2D eigenvalue weighted by Gasteiger charge is 2.29. The molecule has 7 heteroatoms. The van der Waals surface area contributed by atoms with Gasteiger partial charge in [-0.15, -0.1) is 0 Å². The summed E-state index contributed by atoms with van der Waals surface area (Å²) in [4.78, 5) is 21.2. The van der Waals surface area contributed by atoms with E-state index < -0.39 is 0 Å². The van der Waals surface area contributed by atoms with Gasteiger partial charge >= 0.3 is 0 Å². The lowest BCUT2D eigenvalue weighted by atomic mass is 10.1. The van der Waals surface area contributed by atoms with Crippen molar-refractivity contribution in [3.63, 3.8) is 0 Å². The molecule has 0 amide bonds. The Morgan fingerprint density at radius 1 is 1.21 bits per heavy atom. The van der Waals surface area contributed by atoms with E-state index in [1.165, 1.54) is 23.9 Å². The van der Waals surface area contributed by atoms with Crippen LogP contribution < -0.4 is 5.56 Å². The summed E-state index contributed by atoms with van der Waals surface area (Å²) >= 11 is 7.63. The van der Waals surface area contributed by atoms with Gasteiger partial charge in [0.25, 0.3) is 5.56 Å². The summed E-state index contributed by atoms with van der Waals surface area (Å²) in [6.07, 6.45) is 3.80. The molecule has 0 radical (unpaired) electrons. The average Bonchev–Trinajstić information content (AvgIpc) is 3.46. The number of hydrogen-bond acceptors (Lipinski definition) is 3. The van der Waals surface area contributed by atoms with Gasteiger partial charge in [0.05, 0.1) is 0 Å². The molecule has 1 aliphatic carbocycles.